The standard InChI is InChI=1S/C22H20N6O2/c1-13-4-6-15-16(9-13)25-21(24-15)18-3-2-8-28(18)22-26-17(11-23-27-22)14-5-7-19-20(10-14)30-12-29-19/h4-7,9-11,18H,2-3,8,12H2,1H3,(H,24,25). The van der Waals surface area contributed by atoms with Crippen molar-refractivity contribution in [3.8, 4) is 22.8 Å². The van der Waals surface area contributed by atoms with Gasteiger partial charge in [-0.25, -0.2) is 9.97 Å². The van der Waals surface area contributed by atoms with Gasteiger partial charge in [-0.3, -0.25) is 0 Å². The van der Waals surface area contributed by atoms with E-state index in [1.165, 1.54) is 5.56 Å². The summed E-state index contributed by atoms with van der Waals surface area (Å²) in [5.41, 5.74) is 4.93. The SMILES string of the molecule is Cc1ccc2nc(C3CCCN3c3nncc(-c4ccc5c(c4)OCO5)n3)[nH]c2c1. The molecule has 2 aromatic carbocycles. The molecule has 1 saturated heterocycles. The van der Waals surface area contributed by atoms with E-state index in [2.05, 4.69) is 45.2 Å². The minimum absolute atomic E-state index is 0.103. The van der Waals surface area contributed by atoms with Gasteiger partial charge in [-0.1, -0.05) is 6.07 Å². The van der Waals surface area contributed by atoms with Gasteiger partial charge < -0.3 is 19.4 Å². The van der Waals surface area contributed by atoms with Crippen LogP contribution < -0.4 is 14.4 Å². The average Bonchev–Trinajstić information content (AvgIpc) is 3.51. The van der Waals surface area contributed by atoms with Crippen LogP contribution in [0.3, 0.4) is 0 Å². The first-order valence-corrected chi connectivity index (χ1v) is 10.1. The highest BCUT2D eigenvalue weighted by Gasteiger charge is 2.31. The summed E-state index contributed by atoms with van der Waals surface area (Å²) in [5.74, 6) is 3.04. The zero-order valence-corrected chi connectivity index (χ0v) is 16.5. The maximum Gasteiger partial charge on any atom is 0.246 e. The zero-order chi connectivity index (χ0) is 20.1. The molecule has 6 rings (SSSR count). The second kappa shape index (κ2) is 6.69. The lowest BCUT2D eigenvalue weighted by Crippen LogP contribution is -2.26. The first-order chi connectivity index (χ1) is 14.7. The molecule has 1 fully saturated rings. The lowest BCUT2D eigenvalue weighted by atomic mass is 10.1. The molecule has 0 bridgehead atoms. The molecule has 2 aromatic heterocycles. The quantitative estimate of drug-likeness (QED) is 0.560. The minimum atomic E-state index is 0.103. The Kier molecular flexibility index (Phi) is 3.83. The van der Waals surface area contributed by atoms with Crippen molar-refractivity contribution in [1.29, 1.82) is 0 Å². The number of ether oxygens (including phenoxy) is 2. The molecule has 4 heterocycles. The van der Waals surface area contributed by atoms with Gasteiger partial charge in [-0.2, -0.15) is 5.10 Å². The van der Waals surface area contributed by atoms with Crippen molar-refractivity contribution in [3.05, 3.63) is 54.0 Å². The molecule has 2 aliphatic heterocycles. The maximum absolute atomic E-state index is 5.49. The molecule has 30 heavy (non-hydrogen) atoms. The second-order valence-electron chi connectivity index (χ2n) is 7.70. The number of aryl methyl sites for hydroxylation is 1. The smallest absolute Gasteiger partial charge is 0.246 e. The van der Waals surface area contributed by atoms with Crippen LogP contribution in [0.5, 0.6) is 11.5 Å². The molecule has 8 heteroatoms. The van der Waals surface area contributed by atoms with E-state index in [9.17, 15) is 0 Å². The maximum atomic E-state index is 5.49. The summed E-state index contributed by atoms with van der Waals surface area (Å²) in [5, 5.41) is 8.56. The molecule has 0 radical (unpaired) electrons. The molecule has 0 spiro atoms. The molecule has 0 saturated carbocycles. The van der Waals surface area contributed by atoms with Crippen molar-refractivity contribution in [2.75, 3.05) is 18.2 Å². The number of rotatable bonds is 3. The molecular formula is C22H20N6O2. The highest BCUT2D eigenvalue weighted by atomic mass is 16.7. The van der Waals surface area contributed by atoms with Crippen molar-refractivity contribution in [2.45, 2.75) is 25.8 Å². The predicted molar refractivity (Wildman–Crippen MR) is 112 cm³/mol. The summed E-state index contributed by atoms with van der Waals surface area (Å²) >= 11 is 0. The molecule has 1 N–H and O–H groups in total. The van der Waals surface area contributed by atoms with Gasteiger partial charge in [-0.05, 0) is 55.7 Å². The summed E-state index contributed by atoms with van der Waals surface area (Å²) < 4.78 is 10.9. The third-order valence-electron chi connectivity index (χ3n) is 5.70. The third kappa shape index (κ3) is 2.83. The van der Waals surface area contributed by atoms with Gasteiger partial charge in [0.1, 0.15) is 5.82 Å². The summed E-state index contributed by atoms with van der Waals surface area (Å²) in [6.07, 6.45) is 3.73. The lowest BCUT2D eigenvalue weighted by molar-refractivity contribution is 0.174. The predicted octanol–water partition coefficient (Wildman–Crippen LogP) is 3.79. The van der Waals surface area contributed by atoms with Crippen molar-refractivity contribution in [3.63, 3.8) is 0 Å². The third-order valence-corrected chi connectivity index (χ3v) is 5.70. The van der Waals surface area contributed by atoms with E-state index in [1.54, 1.807) is 6.20 Å². The number of nitrogens with zero attached hydrogens (tertiary/aromatic N) is 5. The number of anilines is 1. The normalized spacial score (nSPS) is 17.8. The van der Waals surface area contributed by atoms with E-state index in [4.69, 9.17) is 19.4 Å². The highest BCUT2D eigenvalue weighted by Crippen LogP contribution is 2.37. The van der Waals surface area contributed by atoms with Crippen molar-refractivity contribution >= 4 is 17.0 Å². The summed E-state index contributed by atoms with van der Waals surface area (Å²) in [6.45, 7) is 3.20. The fraction of sp³-hybridized carbons (Fsp3) is 0.273. The molecule has 0 amide bonds. The molecule has 4 aromatic rings. The van der Waals surface area contributed by atoms with Crippen LogP contribution in [0.25, 0.3) is 22.3 Å². The van der Waals surface area contributed by atoms with Crippen molar-refractivity contribution in [1.82, 2.24) is 25.1 Å². The summed E-state index contributed by atoms with van der Waals surface area (Å²) in [6, 6.07) is 12.2. The number of nitrogens with one attached hydrogen (secondary N) is 1. The topological polar surface area (TPSA) is 89.1 Å². The number of benzene rings is 2. The van der Waals surface area contributed by atoms with Crippen LogP contribution >= 0.6 is 0 Å². The van der Waals surface area contributed by atoms with E-state index in [0.717, 1.165) is 59.0 Å². The van der Waals surface area contributed by atoms with Gasteiger partial charge in [0.25, 0.3) is 0 Å². The van der Waals surface area contributed by atoms with Gasteiger partial charge >= 0.3 is 0 Å². The van der Waals surface area contributed by atoms with Crippen LogP contribution in [-0.4, -0.2) is 38.5 Å². The lowest BCUT2D eigenvalue weighted by Gasteiger charge is -2.22. The Morgan fingerprint density at radius 3 is 2.97 bits per heavy atom. The Balaban J connectivity index is 1.34. The molecular weight excluding hydrogens is 380 g/mol. The Bertz CT molecular complexity index is 1250. The fourth-order valence-corrected chi connectivity index (χ4v) is 4.20. The Labute approximate surface area is 172 Å². The number of aromatic amines is 1. The van der Waals surface area contributed by atoms with E-state index < -0.39 is 0 Å². The summed E-state index contributed by atoms with van der Waals surface area (Å²) in [7, 11) is 0. The minimum Gasteiger partial charge on any atom is -0.454 e. The number of imidazole rings is 1. The van der Waals surface area contributed by atoms with Crippen LogP contribution in [-0.2, 0) is 0 Å². The Morgan fingerprint density at radius 2 is 2.00 bits per heavy atom. The van der Waals surface area contributed by atoms with Gasteiger partial charge in [0.05, 0.1) is 29.0 Å². The van der Waals surface area contributed by atoms with Gasteiger partial charge in [0.2, 0.25) is 12.7 Å². The number of hydrogen-bond donors (Lipinski definition) is 1. The summed E-state index contributed by atoms with van der Waals surface area (Å²) in [4.78, 5) is 15.3. The van der Waals surface area contributed by atoms with Crippen LogP contribution in [0.15, 0.2) is 42.6 Å². The average molecular weight is 400 g/mol. The van der Waals surface area contributed by atoms with E-state index in [0.29, 0.717) is 5.95 Å². The molecule has 2 aliphatic rings. The largest absolute Gasteiger partial charge is 0.454 e. The van der Waals surface area contributed by atoms with E-state index in [-0.39, 0.29) is 12.8 Å². The molecule has 1 atom stereocenters. The molecule has 1 unspecified atom stereocenters. The fourth-order valence-electron chi connectivity index (χ4n) is 4.20. The highest BCUT2D eigenvalue weighted by molar-refractivity contribution is 5.76. The number of H-pyrrole nitrogens is 1. The monoisotopic (exact) mass is 400 g/mol. The Hall–Kier alpha value is -3.68. The van der Waals surface area contributed by atoms with Crippen LogP contribution in [0.4, 0.5) is 5.95 Å². The molecule has 8 nitrogen and oxygen atoms in total. The molecule has 0 aliphatic carbocycles. The van der Waals surface area contributed by atoms with Crippen molar-refractivity contribution in [2.24, 2.45) is 0 Å². The van der Waals surface area contributed by atoms with Gasteiger partial charge in [-0.15, -0.1) is 5.10 Å². The van der Waals surface area contributed by atoms with E-state index >= 15 is 0 Å². The van der Waals surface area contributed by atoms with Gasteiger partial charge in [0.15, 0.2) is 11.5 Å². The zero-order valence-electron chi connectivity index (χ0n) is 16.5. The van der Waals surface area contributed by atoms with E-state index in [1.807, 2.05) is 18.2 Å². The van der Waals surface area contributed by atoms with Crippen LogP contribution in [0.2, 0.25) is 0 Å². The first-order valence-electron chi connectivity index (χ1n) is 10.1. The van der Waals surface area contributed by atoms with Crippen molar-refractivity contribution < 1.29 is 9.47 Å². The number of aromatic nitrogens is 5. The number of hydrogen-bond acceptors (Lipinski definition) is 7. The van der Waals surface area contributed by atoms with Crippen LogP contribution in [0.1, 0.15) is 30.3 Å². The number of fused-ring (bicyclic) bond motifs is 2. The van der Waals surface area contributed by atoms with Gasteiger partial charge in [0, 0.05) is 12.1 Å². The molecule has 150 valence electrons. The van der Waals surface area contributed by atoms with Crippen LogP contribution in [0, 0.1) is 6.92 Å². The second-order valence-corrected chi connectivity index (χ2v) is 7.70. The first kappa shape index (κ1) is 17.2. The Morgan fingerprint density at radius 1 is 1.07 bits per heavy atom.